The lowest BCUT2D eigenvalue weighted by atomic mass is 10.0. The number of halogens is 2. The van der Waals surface area contributed by atoms with Crippen LogP contribution in [0.1, 0.15) is 31.9 Å². The second-order valence-electron chi connectivity index (χ2n) is 6.51. The van der Waals surface area contributed by atoms with Crippen molar-refractivity contribution in [3.8, 4) is 0 Å². The van der Waals surface area contributed by atoms with E-state index in [1.165, 1.54) is 25.1 Å². The Bertz CT molecular complexity index is 935. The number of hydrogen-bond donors (Lipinski definition) is 1. The molecule has 0 aliphatic heterocycles. The minimum absolute atomic E-state index is 0.238. The molecule has 1 atom stereocenters. The number of para-hydroxylation sites is 1. The largest absolute Gasteiger partial charge is 0.324 e. The summed E-state index contributed by atoms with van der Waals surface area (Å²) in [5, 5.41) is 3.49. The third kappa shape index (κ3) is 5.19. The van der Waals surface area contributed by atoms with Crippen molar-refractivity contribution in [3.05, 3.63) is 57.6 Å². The second kappa shape index (κ2) is 9.16. The van der Waals surface area contributed by atoms with Gasteiger partial charge in [-0.1, -0.05) is 55.2 Å². The van der Waals surface area contributed by atoms with E-state index in [-0.39, 0.29) is 15.7 Å². The Kier molecular flexibility index (Phi) is 7.37. The summed E-state index contributed by atoms with van der Waals surface area (Å²) in [5.74, 6) is -0.433. The molecular formula is C20H24Cl2N2O3S. The van der Waals surface area contributed by atoms with Gasteiger partial charge in [0.25, 0.3) is 0 Å². The molecule has 1 amide bonds. The Labute approximate surface area is 176 Å². The number of nitrogens with zero attached hydrogens (tertiary/aromatic N) is 1. The van der Waals surface area contributed by atoms with E-state index >= 15 is 0 Å². The van der Waals surface area contributed by atoms with Gasteiger partial charge in [-0.25, -0.2) is 8.42 Å². The number of rotatable bonds is 7. The fourth-order valence-corrected chi connectivity index (χ4v) is 4.78. The number of carbonyl (C=O) groups excluding carboxylic acids is 1. The Morgan fingerprint density at radius 3 is 2.00 bits per heavy atom. The van der Waals surface area contributed by atoms with Gasteiger partial charge in [0, 0.05) is 15.7 Å². The summed E-state index contributed by atoms with van der Waals surface area (Å²) in [6.07, 6.45) is 2.54. The maximum Gasteiger partial charge on any atom is 0.248 e. The number of benzene rings is 2. The van der Waals surface area contributed by atoms with Crippen molar-refractivity contribution < 1.29 is 13.2 Å². The van der Waals surface area contributed by atoms with Crippen LogP contribution in [0.25, 0.3) is 0 Å². The number of carbonyl (C=O) groups is 1. The topological polar surface area (TPSA) is 66.5 Å². The van der Waals surface area contributed by atoms with Gasteiger partial charge in [0.2, 0.25) is 15.9 Å². The van der Waals surface area contributed by atoms with Gasteiger partial charge in [0.15, 0.2) is 0 Å². The second-order valence-corrected chi connectivity index (χ2v) is 9.24. The molecule has 0 radical (unpaired) electrons. The van der Waals surface area contributed by atoms with Gasteiger partial charge in [-0.05, 0) is 49.1 Å². The quantitative estimate of drug-likeness (QED) is 0.661. The van der Waals surface area contributed by atoms with Crippen molar-refractivity contribution in [2.75, 3.05) is 15.9 Å². The third-order valence-electron chi connectivity index (χ3n) is 4.44. The minimum Gasteiger partial charge on any atom is -0.324 e. The van der Waals surface area contributed by atoms with Crippen molar-refractivity contribution in [2.24, 2.45) is 0 Å². The molecule has 0 fully saturated rings. The molecule has 2 rings (SSSR count). The first-order chi connectivity index (χ1) is 13.1. The molecule has 0 aliphatic carbocycles. The average molecular weight is 443 g/mol. The summed E-state index contributed by atoms with van der Waals surface area (Å²) in [5.41, 5.74) is 2.97. The van der Waals surface area contributed by atoms with E-state index in [0.29, 0.717) is 0 Å². The van der Waals surface area contributed by atoms with Crippen molar-refractivity contribution in [2.45, 2.75) is 39.7 Å². The lowest BCUT2D eigenvalue weighted by Gasteiger charge is -2.29. The van der Waals surface area contributed by atoms with Crippen molar-refractivity contribution in [1.82, 2.24) is 0 Å². The summed E-state index contributed by atoms with van der Waals surface area (Å²) in [6.45, 7) is 5.54. The van der Waals surface area contributed by atoms with Gasteiger partial charge in [-0.15, -0.1) is 0 Å². The van der Waals surface area contributed by atoms with E-state index < -0.39 is 22.0 Å². The molecule has 0 bridgehead atoms. The van der Waals surface area contributed by atoms with Crippen LogP contribution < -0.4 is 9.62 Å². The highest BCUT2D eigenvalue weighted by Gasteiger charge is 2.30. The first-order valence-electron chi connectivity index (χ1n) is 8.95. The zero-order valence-corrected chi connectivity index (χ0v) is 18.6. The van der Waals surface area contributed by atoms with E-state index in [9.17, 15) is 13.2 Å². The number of anilines is 2. The number of sulfonamides is 1. The van der Waals surface area contributed by atoms with E-state index in [1.807, 2.05) is 32.0 Å². The van der Waals surface area contributed by atoms with Gasteiger partial charge in [0.1, 0.15) is 6.04 Å². The molecule has 2 aromatic rings. The Morgan fingerprint density at radius 1 is 1.07 bits per heavy atom. The molecule has 0 heterocycles. The summed E-state index contributed by atoms with van der Waals surface area (Å²) in [7, 11) is -3.76. The van der Waals surface area contributed by atoms with Gasteiger partial charge < -0.3 is 5.32 Å². The smallest absolute Gasteiger partial charge is 0.248 e. The van der Waals surface area contributed by atoms with Crippen LogP contribution in [0.5, 0.6) is 0 Å². The van der Waals surface area contributed by atoms with Crippen LogP contribution in [-0.2, 0) is 27.7 Å². The molecule has 0 saturated heterocycles. The number of nitrogens with one attached hydrogen (secondary N) is 1. The Balaban J connectivity index is 2.44. The summed E-state index contributed by atoms with van der Waals surface area (Å²) < 4.78 is 25.9. The number of amides is 1. The van der Waals surface area contributed by atoms with Crippen molar-refractivity contribution >= 4 is 50.5 Å². The molecule has 28 heavy (non-hydrogen) atoms. The van der Waals surface area contributed by atoms with Gasteiger partial charge >= 0.3 is 0 Å². The lowest BCUT2D eigenvalue weighted by Crippen LogP contribution is -2.45. The van der Waals surface area contributed by atoms with Crippen LogP contribution >= 0.6 is 23.2 Å². The fourth-order valence-electron chi connectivity index (χ4n) is 3.11. The predicted octanol–water partition coefficient (Wildman–Crippen LogP) is 4.91. The van der Waals surface area contributed by atoms with Crippen LogP contribution in [-0.4, -0.2) is 26.6 Å². The third-order valence-corrected chi connectivity index (χ3v) is 6.12. The molecule has 8 heteroatoms. The highest BCUT2D eigenvalue weighted by atomic mass is 35.5. The molecule has 0 spiro atoms. The van der Waals surface area contributed by atoms with E-state index in [2.05, 4.69) is 5.32 Å². The first kappa shape index (κ1) is 22.5. The Hall–Kier alpha value is -1.76. The van der Waals surface area contributed by atoms with E-state index in [4.69, 9.17) is 23.2 Å². The maximum absolute atomic E-state index is 13.0. The molecule has 1 N–H and O–H groups in total. The predicted molar refractivity (Wildman–Crippen MR) is 117 cm³/mol. The Morgan fingerprint density at radius 2 is 1.57 bits per heavy atom. The fraction of sp³-hybridized carbons (Fsp3) is 0.350. The van der Waals surface area contributed by atoms with E-state index in [1.54, 1.807) is 0 Å². The van der Waals surface area contributed by atoms with Crippen molar-refractivity contribution in [3.63, 3.8) is 0 Å². The van der Waals surface area contributed by atoms with Crippen LogP contribution in [0.2, 0.25) is 10.0 Å². The molecule has 0 unspecified atom stereocenters. The molecule has 0 aliphatic rings. The molecule has 0 aromatic heterocycles. The number of hydrogen-bond acceptors (Lipinski definition) is 3. The number of aryl methyl sites for hydroxylation is 2. The van der Waals surface area contributed by atoms with Gasteiger partial charge in [-0.2, -0.15) is 0 Å². The lowest BCUT2D eigenvalue weighted by molar-refractivity contribution is -0.116. The zero-order chi connectivity index (χ0) is 21.1. The van der Waals surface area contributed by atoms with Gasteiger partial charge in [-0.3, -0.25) is 9.10 Å². The average Bonchev–Trinajstić information content (AvgIpc) is 2.59. The maximum atomic E-state index is 13.0. The van der Waals surface area contributed by atoms with Crippen LogP contribution in [0, 0.1) is 0 Å². The monoisotopic (exact) mass is 442 g/mol. The highest BCUT2D eigenvalue weighted by molar-refractivity contribution is 7.92. The standard InChI is InChI=1S/C20H24Cl2N2O3S/c1-5-14-8-7-9-15(6-2)19(14)23-20(25)13(3)24(28(4,26)27)18-11-16(21)10-17(22)12-18/h7-13H,5-6H2,1-4H3,(H,23,25)/t13-/m0/s1. The summed E-state index contributed by atoms with van der Waals surface area (Å²) in [6, 6.07) is 9.29. The highest BCUT2D eigenvalue weighted by Crippen LogP contribution is 2.29. The van der Waals surface area contributed by atoms with Crippen LogP contribution in [0.3, 0.4) is 0 Å². The molecular weight excluding hydrogens is 419 g/mol. The molecule has 0 saturated carbocycles. The first-order valence-corrected chi connectivity index (χ1v) is 11.6. The molecule has 5 nitrogen and oxygen atoms in total. The molecule has 2 aromatic carbocycles. The van der Waals surface area contributed by atoms with Crippen molar-refractivity contribution in [1.29, 1.82) is 0 Å². The van der Waals surface area contributed by atoms with Crippen LogP contribution in [0.15, 0.2) is 36.4 Å². The zero-order valence-electron chi connectivity index (χ0n) is 16.3. The summed E-state index contributed by atoms with van der Waals surface area (Å²) in [4.78, 5) is 13.0. The normalized spacial score (nSPS) is 12.5. The van der Waals surface area contributed by atoms with Crippen LogP contribution in [0.4, 0.5) is 11.4 Å². The summed E-state index contributed by atoms with van der Waals surface area (Å²) >= 11 is 12.1. The molecule has 152 valence electrons. The minimum atomic E-state index is -3.76. The van der Waals surface area contributed by atoms with Gasteiger partial charge in [0.05, 0.1) is 11.9 Å². The van der Waals surface area contributed by atoms with E-state index in [0.717, 1.165) is 40.2 Å². The SMILES string of the molecule is CCc1cccc(CC)c1NC(=O)[C@H](C)N(c1cc(Cl)cc(Cl)c1)S(C)(=O)=O.